The fraction of sp³-hybridized carbons (Fsp3) is 0.300. The van der Waals surface area contributed by atoms with Gasteiger partial charge in [-0.25, -0.2) is 0 Å². The quantitative estimate of drug-likeness (QED) is 0.830. The molecule has 2 aliphatic heterocycles. The van der Waals surface area contributed by atoms with E-state index in [-0.39, 0.29) is 24.2 Å². The van der Waals surface area contributed by atoms with E-state index in [0.29, 0.717) is 18.1 Å². The van der Waals surface area contributed by atoms with Crippen LogP contribution in [0.5, 0.6) is 0 Å². The Balaban J connectivity index is 1.47. The number of amides is 2. The summed E-state index contributed by atoms with van der Waals surface area (Å²) >= 11 is 5.91. The van der Waals surface area contributed by atoms with Crippen LogP contribution in [0.4, 0.5) is 5.69 Å². The Morgan fingerprint density at radius 3 is 2.52 bits per heavy atom. The zero-order chi connectivity index (χ0) is 17.4. The molecule has 1 atom stereocenters. The highest BCUT2D eigenvalue weighted by molar-refractivity contribution is 6.30. The summed E-state index contributed by atoms with van der Waals surface area (Å²) in [6, 6.07) is 15.4. The van der Waals surface area contributed by atoms with Gasteiger partial charge < -0.3 is 9.80 Å². The summed E-state index contributed by atoms with van der Waals surface area (Å²) in [6.45, 7) is 1.81. The summed E-state index contributed by atoms with van der Waals surface area (Å²) in [7, 11) is 0. The van der Waals surface area contributed by atoms with Gasteiger partial charge in [0.1, 0.15) is 0 Å². The van der Waals surface area contributed by atoms with E-state index in [1.165, 1.54) is 11.1 Å². The maximum atomic E-state index is 12.9. The standard InChI is InChI=1S/C20H19ClN2O2/c21-17-5-7-18(8-6-17)23-13-16(11-19(23)24)20(25)22-10-9-14-3-1-2-4-15(14)12-22/h1-8,16H,9-13H2/t16-/m0/s1. The third-order valence-electron chi connectivity index (χ3n) is 5.05. The lowest BCUT2D eigenvalue weighted by atomic mass is 9.98. The average Bonchev–Trinajstić information content (AvgIpc) is 3.03. The minimum atomic E-state index is -0.270. The molecule has 128 valence electrons. The predicted octanol–water partition coefficient (Wildman–Crippen LogP) is 3.28. The Bertz CT molecular complexity index is 819. The summed E-state index contributed by atoms with van der Waals surface area (Å²) in [5, 5.41) is 0.634. The molecule has 2 amide bonds. The van der Waals surface area contributed by atoms with E-state index in [9.17, 15) is 9.59 Å². The first-order valence-corrected chi connectivity index (χ1v) is 8.91. The summed E-state index contributed by atoms with van der Waals surface area (Å²) in [5.41, 5.74) is 3.33. The number of benzene rings is 2. The summed E-state index contributed by atoms with van der Waals surface area (Å²) < 4.78 is 0. The van der Waals surface area contributed by atoms with Gasteiger partial charge in [0.2, 0.25) is 11.8 Å². The molecule has 0 aliphatic carbocycles. The van der Waals surface area contributed by atoms with E-state index < -0.39 is 0 Å². The van der Waals surface area contributed by atoms with Gasteiger partial charge in [-0.15, -0.1) is 0 Å². The van der Waals surface area contributed by atoms with Crippen LogP contribution in [0.3, 0.4) is 0 Å². The summed E-state index contributed by atoms with van der Waals surface area (Å²) in [5.74, 6) is -0.189. The van der Waals surface area contributed by atoms with Gasteiger partial charge in [0.25, 0.3) is 0 Å². The van der Waals surface area contributed by atoms with Gasteiger partial charge in [0.15, 0.2) is 0 Å². The van der Waals surface area contributed by atoms with Crippen molar-refractivity contribution in [2.75, 3.05) is 18.0 Å². The number of hydrogen-bond acceptors (Lipinski definition) is 2. The van der Waals surface area contributed by atoms with Gasteiger partial charge in [-0.2, -0.15) is 0 Å². The van der Waals surface area contributed by atoms with Crippen molar-refractivity contribution in [1.29, 1.82) is 0 Å². The van der Waals surface area contributed by atoms with Crippen LogP contribution in [-0.4, -0.2) is 29.8 Å². The maximum Gasteiger partial charge on any atom is 0.228 e. The highest BCUT2D eigenvalue weighted by atomic mass is 35.5. The molecule has 2 heterocycles. The van der Waals surface area contributed by atoms with Gasteiger partial charge in [0.05, 0.1) is 5.92 Å². The summed E-state index contributed by atoms with van der Waals surface area (Å²) in [6.07, 6.45) is 1.16. The normalized spacial score (nSPS) is 19.9. The molecule has 4 rings (SSSR count). The third kappa shape index (κ3) is 3.14. The van der Waals surface area contributed by atoms with E-state index in [1.807, 2.05) is 29.2 Å². The van der Waals surface area contributed by atoms with Gasteiger partial charge in [0, 0.05) is 36.8 Å². The molecule has 1 saturated heterocycles. The van der Waals surface area contributed by atoms with Crippen LogP contribution in [0.25, 0.3) is 0 Å². The number of rotatable bonds is 2. The lowest BCUT2D eigenvalue weighted by Gasteiger charge is -2.30. The topological polar surface area (TPSA) is 40.6 Å². The lowest BCUT2D eigenvalue weighted by molar-refractivity contribution is -0.136. The lowest BCUT2D eigenvalue weighted by Crippen LogP contribution is -2.40. The number of halogens is 1. The molecule has 0 aromatic heterocycles. The molecule has 0 unspecified atom stereocenters. The smallest absolute Gasteiger partial charge is 0.228 e. The SMILES string of the molecule is O=C([C@H]1CC(=O)N(c2ccc(Cl)cc2)C1)N1CCc2ccccc2C1. The number of carbonyl (C=O) groups excluding carboxylic acids is 2. The Kier molecular flexibility index (Phi) is 4.22. The van der Waals surface area contributed by atoms with Crippen molar-refractivity contribution in [3.63, 3.8) is 0 Å². The van der Waals surface area contributed by atoms with E-state index >= 15 is 0 Å². The number of anilines is 1. The first-order chi connectivity index (χ1) is 12.1. The second-order valence-electron chi connectivity index (χ2n) is 6.66. The highest BCUT2D eigenvalue weighted by Crippen LogP contribution is 2.29. The number of hydrogen-bond donors (Lipinski definition) is 0. The predicted molar refractivity (Wildman–Crippen MR) is 97.5 cm³/mol. The minimum absolute atomic E-state index is 0.00178. The minimum Gasteiger partial charge on any atom is -0.338 e. The van der Waals surface area contributed by atoms with Crippen molar-refractivity contribution in [3.05, 3.63) is 64.7 Å². The zero-order valence-electron chi connectivity index (χ0n) is 13.8. The van der Waals surface area contributed by atoms with Crippen LogP contribution in [-0.2, 0) is 22.6 Å². The van der Waals surface area contributed by atoms with Crippen LogP contribution in [0.1, 0.15) is 17.5 Å². The highest BCUT2D eigenvalue weighted by Gasteiger charge is 2.37. The van der Waals surface area contributed by atoms with Gasteiger partial charge in [-0.1, -0.05) is 35.9 Å². The molecule has 5 heteroatoms. The van der Waals surface area contributed by atoms with Crippen molar-refractivity contribution < 1.29 is 9.59 Å². The second-order valence-corrected chi connectivity index (χ2v) is 7.10. The molecule has 2 aromatic rings. The van der Waals surface area contributed by atoms with E-state index in [0.717, 1.165) is 18.7 Å². The number of carbonyl (C=O) groups is 2. The molecule has 2 aliphatic rings. The van der Waals surface area contributed by atoms with Crippen molar-refractivity contribution in [1.82, 2.24) is 4.90 Å². The first-order valence-electron chi connectivity index (χ1n) is 8.53. The molecular weight excluding hydrogens is 336 g/mol. The largest absolute Gasteiger partial charge is 0.338 e. The van der Waals surface area contributed by atoms with Crippen LogP contribution in [0.15, 0.2) is 48.5 Å². The van der Waals surface area contributed by atoms with Gasteiger partial charge >= 0.3 is 0 Å². The van der Waals surface area contributed by atoms with Crippen molar-refractivity contribution in [3.8, 4) is 0 Å². The second kappa shape index (κ2) is 6.52. The molecule has 2 aromatic carbocycles. The zero-order valence-corrected chi connectivity index (χ0v) is 14.6. The number of nitrogens with zero attached hydrogens (tertiary/aromatic N) is 2. The Labute approximate surface area is 152 Å². The van der Waals surface area contributed by atoms with E-state index in [2.05, 4.69) is 12.1 Å². The van der Waals surface area contributed by atoms with Crippen LogP contribution < -0.4 is 4.90 Å². The van der Waals surface area contributed by atoms with Crippen LogP contribution in [0, 0.1) is 5.92 Å². The van der Waals surface area contributed by atoms with Crippen molar-refractivity contribution in [2.24, 2.45) is 5.92 Å². The van der Waals surface area contributed by atoms with Crippen LogP contribution in [0.2, 0.25) is 5.02 Å². The Morgan fingerprint density at radius 2 is 1.76 bits per heavy atom. The molecule has 0 spiro atoms. The molecular formula is C20H19ClN2O2. The first kappa shape index (κ1) is 16.2. The molecule has 0 radical (unpaired) electrons. The number of fused-ring (bicyclic) bond motifs is 1. The third-order valence-corrected chi connectivity index (χ3v) is 5.31. The van der Waals surface area contributed by atoms with Crippen molar-refractivity contribution >= 4 is 29.1 Å². The van der Waals surface area contributed by atoms with E-state index in [1.54, 1.807) is 17.0 Å². The maximum absolute atomic E-state index is 12.9. The Hall–Kier alpha value is -2.33. The average molecular weight is 355 g/mol. The van der Waals surface area contributed by atoms with Gasteiger partial charge in [-0.05, 0) is 41.8 Å². The van der Waals surface area contributed by atoms with Gasteiger partial charge in [-0.3, -0.25) is 9.59 Å². The molecule has 0 saturated carbocycles. The molecule has 25 heavy (non-hydrogen) atoms. The fourth-order valence-corrected chi connectivity index (χ4v) is 3.81. The van der Waals surface area contributed by atoms with E-state index in [4.69, 9.17) is 11.6 Å². The molecule has 4 nitrogen and oxygen atoms in total. The fourth-order valence-electron chi connectivity index (χ4n) is 3.69. The monoisotopic (exact) mass is 354 g/mol. The van der Waals surface area contributed by atoms with Crippen LogP contribution >= 0.6 is 11.6 Å². The Morgan fingerprint density at radius 1 is 1.04 bits per heavy atom. The van der Waals surface area contributed by atoms with Crippen molar-refractivity contribution in [2.45, 2.75) is 19.4 Å². The molecule has 0 bridgehead atoms. The molecule has 1 fully saturated rings. The molecule has 0 N–H and O–H groups in total. The summed E-state index contributed by atoms with van der Waals surface area (Å²) in [4.78, 5) is 28.9.